The fourth-order valence-electron chi connectivity index (χ4n) is 0.941. The highest BCUT2D eigenvalue weighted by Gasteiger charge is 2.16. The number of hydrogen-bond acceptors (Lipinski definition) is 5. The Labute approximate surface area is 101 Å². The largest absolute Gasteiger partial charge is 0.408 e. The Morgan fingerprint density at radius 1 is 1.18 bits per heavy atom. The Hall–Kier alpha value is -1.17. The van der Waals surface area contributed by atoms with E-state index in [2.05, 4.69) is 20.6 Å². The maximum Gasteiger partial charge on any atom is 0.405 e. The van der Waals surface area contributed by atoms with Crippen LogP contribution in [-0.2, 0) is 18.2 Å². The minimum Gasteiger partial charge on any atom is -0.408 e. The molecule has 0 atom stereocenters. The molecule has 17 heavy (non-hydrogen) atoms. The van der Waals surface area contributed by atoms with Gasteiger partial charge in [-0.1, -0.05) is 5.92 Å². The zero-order chi connectivity index (χ0) is 12.7. The highest BCUT2D eigenvalue weighted by Crippen LogP contribution is 2.44. The topological polar surface area (TPSA) is 61.8 Å². The third-order valence-electron chi connectivity index (χ3n) is 1.81. The molecule has 1 aromatic carbocycles. The third kappa shape index (κ3) is 4.30. The molecule has 0 amide bonds. The van der Waals surface area contributed by atoms with Gasteiger partial charge in [0.05, 0.1) is 0 Å². The second kappa shape index (κ2) is 6.54. The monoisotopic (exact) mass is 272 g/mol. The van der Waals surface area contributed by atoms with Crippen LogP contribution in [0.3, 0.4) is 0 Å². The van der Waals surface area contributed by atoms with Gasteiger partial charge < -0.3 is 13.6 Å². The van der Waals surface area contributed by atoms with Crippen LogP contribution in [0.4, 0.5) is 0 Å². The van der Waals surface area contributed by atoms with Gasteiger partial charge in [0.25, 0.3) is 0 Å². The predicted octanol–water partition coefficient (Wildman–Crippen LogP) is 3.07. The van der Waals surface area contributed by atoms with Crippen LogP contribution in [-0.4, -0.2) is 14.2 Å². The Morgan fingerprint density at radius 3 is 2.24 bits per heavy atom. The fraction of sp³-hybridized carbons (Fsp3) is 0.200. The molecule has 90 valence electrons. The first kappa shape index (κ1) is 13.9. The zero-order valence-corrected chi connectivity index (χ0v) is 11.0. The molecule has 0 spiro atoms. The Morgan fingerprint density at radius 2 is 1.76 bits per heavy atom. The van der Waals surface area contributed by atoms with Crippen LogP contribution in [0.1, 0.15) is 5.56 Å². The van der Waals surface area contributed by atoms with Crippen LogP contribution < -0.4 is 4.52 Å². The molecular weight excluding hydrogens is 262 g/mol. The molecule has 0 bridgehead atoms. The SMILES string of the molecule is COP(=O)(C#Cc1ccc(OP=O)cc1)OC. The van der Waals surface area contributed by atoms with Crippen LogP contribution in [0.2, 0.25) is 0 Å². The number of rotatable bonds is 4. The van der Waals surface area contributed by atoms with Crippen LogP contribution in [0.15, 0.2) is 24.3 Å². The molecule has 1 rings (SSSR count). The van der Waals surface area contributed by atoms with E-state index >= 15 is 0 Å². The van der Waals surface area contributed by atoms with Gasteiger partial charge in [-0.2, -0.15) is 0 Å². The van der Waals surface area contributed by atoms with Crippen molar-refractivity contribution in [2.75, 3.05) is 14.2 Å². The van der Waals surface area contributed by atoms with E-state index in [0.717, 1.165) is 0 Å². The average molecular weight is 272 g/mol. The highest BCUT2D eigenvalue weighted by molar-refractivity contribution is 7.59. The first-order chi connectivity index (χ1) is 8.13. The highest BCUT2D eigenvalue weighted by atomic mass is 31.2. The first-order valence-corrected chi connectivity index (χ1v) is 6.75. The van der Waals surface area contributed by atoms with Gasteiger partial charge in [-0.05, 0) is 24.3 Å². The summed E-state index contributed by atoms with van der Waals surface area (Å²) < 4.78 is 35.8. The minimum absolute atomic E-state index is 0.416. The summed E-state index contributed by atoms with van der Waals surface area (Å²) in [7, 11) is -1.20. The van der Waals surface area contributed by atoms with Gasteiger partial charge in [0, 0.05) is 25.4 Å². The lowest BCUT2D eigenvalue weighted by molar-refractivity contribution is 0.288. The molecule has 0 aromatic heterocycles. The zero-order valence-electron chi connectivity index (χ0n) is 9.25. The molecule has 7 heteroatoms. The van der Waals surface area contributed by atoms with E-state index < -0.39 is 16.3 Å². The van der Waals surface area contributed by atoms with Crippen molar-refractivity contribution in [3.8, 4) is 17.3 Å². The first-order valence-electron chi connectivity index (χ1n) is 4.48. The van der Waals surface area contributed by atoms with Gasteiger partial charge in [0.2, 0.25) is 0 Å². The van der Waals surface area contributed by atoms with Gasteiger partial charge in [-0.15, -0.1) is 0 Å². The van der Waals surface area contributed by atoms with E-state index in [0.29, 0.717) is 11.3 Å². The van der Waals surface area contributed by atoms with Gasteiger partial charge in [-0.3, -0.25) is 0 Å². The summed E-state index contributed by atoms with van der Waals surface area (Å²) >= 11 is 0. The van der Waals surface area contributed by atoms with Crippen LogP contribution in [0, 0.1) is 11.6 Å². The maximum absolute atomic E-state index is 11.6. The lowest BCUT2D eigenvalue weighted by atomic mass is 10.2. The summed E-state index contributed by atoms with van der Waals surface area (Å²) in [5, 5.41) is 0. The molecule has 0 heterocycles. The van der Waals surface area contributed by atoms with E-state index in [4.69, 9.17) is 4.52 Å². The van der Waals surface area contributed by atoms with Gasteiger partial charge in [-0.25, -0.2) is 9.13 Å². The molecule has 0 saturated carbocycles. The molecule has 0 aliphatic rings. The fourth-order valence-corrected chi connectivity index (χ4v) is 1.75. The predicted molar refractivity (Wildman–Crippen MR) is 63.2 cm³/mol. The van der Waals surface area contributed by atoms with E-state index in [9.17, 15) is 9.13 Å². The van der Waals surface area contributed by atoms with E-state index in [-0.39, 0.29) is 0 Å². The van der Waals surface area contributed by atoms with Crippen molar-refractivity contribution < 1.29 is 22.7 Å². The van der Waals surface area contributed by atoms with E-state index in [1.807, 2.05) is 0 Å². The van der Waals surface area contributed by atoms with Crippen LogP contribution in [0.25, 0.3) is 0 Å². The molecule has 1 aromatic rings. The van der Waals surface area contributed by atoms with Gasteiger partial charge in [0.15, 0.2) is 0 Å². The standard InChI is InChI=1S/C10H10O5P2/c1-13-17(12,14-2)8-7-9-3-5-10(6-4-9)15-16-11/h3-6H,1-2H3. The number of hydrogen-bond donors (Lipinski definition) is 0. The van der Waals surface area contributed by atoms with Crippen LogP contribution in [0.5, 0.6) is 5.75 Å². The molecule has 5 nitrogen and oxygen atoms in total. The normalized spacial score (nSPS) is 10.7. The summed E-state index contributed by atoms with van der Waals surface area (Å²) in [5.41, 5.74) is 3.04. The summed E-state index contributed by atoms with van der Waals surface area (Å²) in [6.07, 6.45) is 0. The molecule has 0 aliphatic carbocycles. The second-order valence-corrected chi connectivity index (χ2v) is 5.07. The summed E-state index contributed by atoms with van der Waals surface area (Å²) in [5.74, 6) is 3.11. The Balaban J connectivity index is 2.86. The van der Waals surface area contributed by atoms with Gasteiger partial charge >= 0.3 is 16.3 Å². The lowest BCUT2D eigenvalue weighted by Gasteiger charge is -2.04. The summed E-state index contributed by atoms with van der Waals surface area (Å²) in [6, 6.07) is 6.48. The molecular formula is C10H10O5P2. The Bertz CT molecular complexity index is 478. The molecule has 0 fully saturated rings. The van der Waals surface area contributed by atoms with Crippen molar-refractivity contribution in [2.45, 2.75) is 0 Å². The van der Waals surface area contributed by atoms with Crippen molar-refractivity contribution >= 4 is 16.3 Å². The number of benzene rings is 1. The summed E-state index contributed by atoms with van der Waals surface area (Å²) in [4.78, 5) is 0. The van der Waals surface area contributed by atoms with Crippen molar-refractivity contribution in [2.24, 2.45) is 0 Å². The van der Waals surface area contributed by atoms with Crippen molar-refractivity contribution in [3.63, 3.8) is 0 Å². The van der Waals surface area contributed by atoms with E-state index in [1.54, 1.807) is 24.3 Å². The van der Waals surface area contributed by atoms with Crippen molar-refractivity contribution in [1.82, 2.24) is 0 Å². The second-order valence-electron chi connectivity index (χ2n) is 2.79. The minimum atomic E-state index is -3.31. The molecule has 0 unspecified atom stereocenters. The van der Waals surface area contributed by atoms with Crippen molar-refractivity contribution in [3.05, 3.63) is 29.8 Å². The smallest absolute Gasteiger partial charge is 0.405 e. The molecule has 0 aliphatic heterocycles. The quantitative estimate of drug-likeness (QED) is 0.622. The summed E-state index contributed by atoms with van der Waals surface area (Å²) in [6.45, 7) is 0. The molecule has 0 radical (unpaired) electrons. The van der Waals surface area contributed by atoms with E-state index in [1.165, 1.54) is 14.2 Å². The third-order valence-corrected chi connectivity index (χ3v) is 3.45. The van der Waals surface area contributed by atoms with Crippen LogP contribution >= 0.6 is 16.3 Å². The lowest BCUT2D eigenvalue weighted by Crippen LogP contribution is -1.84. The maximum atomic E-state index is 11.6. The Kier molecular flexibility index (Phi) is 5.34. The molecule has 0 saturated heterocycles. The molecule has 0 N–H and O–H groups in total. The van der Waals surface area contributed by atoms with Gasteiger partial charge in [0.1, 0.15) is 5.75 Å². The van der Waals surface area contributed by atoms with Crippen molar-refractivity contribution in [1.29, 1.82) is 0 Å². The average Bonchev–Trinajstić information content (AvgIpc) is 2.38.